The number of nitrogens with zero attached hydrogens (tertiary/aromatic N) is 4. The molecule has 0 spiro atoms. The molecule has 0 bridgehead atoms. The lowest BCUT2D eigenvalue weighted by molar-refractivity contribution is -0.184. The number of rotatable bonds is 5. The number of fused-ring (bicyclic) bond motifs is 1. The van der Waals surface area contributed by atoms with Crippen LogP contribution in [0.1, 0.15) is 36.8 Å². The number of ether oxygens (including phenoxy) is 1. The first-order valence-electron chi connectivity index (χ1n) is 12.5. The Morgan fingerprint density at radius 3 is 2.58 bits per heavy atom. The number of nitrogens with one attached hydrogen (secondary N) is 1. The van der Waals surface area contributed by atoms with E-state index < -0.39 is 23.3 Å². The highest BCUT2D eigenvalue weighted by atomic mass is 19.1. The number of aliphatic hydroxyl groups excluding tert-OH is 1. The van der Waals surface area contributed by atoms with Gasteiger partial charge in [-0.1, -0.05) is 6.92 Å². The third-order valence-corrected chi connectivity index (χ3v) is 7.68. The van der Waals surface area contributed by atoms with Gasteiger partial charge in [-0.3, -0.25) is 4.98 Å². The lowest BCUT2D eigenvalue weighted by Crippen LogP contribution is -2.46. The second kappa shape index (κ2) is 9.35. The molecule has 0 amide bonds. The quantitative estimate of drug-likeness (QED) is 0.314. The zero-order valence-corrected chi connectivity index (χ0v) is 20.7. The molecule has 198 valence electrons. The normalized spacial score (nSPS) is 24.8. The third-order valence-electron chi connectivity index (χ3n) is 7.68. The number of benzene rings is 1. The lowest BCUT2D eigenvalue weighted by atomic mass is 9.74. The molecule has 1 saturated heterocycles. The van der Waals surface area contributed by atoms with Crippen LogP contribution in [0, 0.1) is 17.6 Å². The van der Waals surface area contributed by atoms with Crippen molar-refractivity contribution in [3.63, 3.8) is 0 Å². The number of hydrogen-bond donors (Lipinski definition) is 4. The second-order valence-corrected chi connectivity index (χ2v) is 10.4. The number of nitrogens with two attached hydrogens (primary N) is 1. The van der Waals surface area contributed by atoms with Crippen LogP contribution in [-0.2, 0) is 10.3 Å². The molecule has 1 aliphatic heterocycles. The smallest absolute Gasteiger partial charge is 0.229 e. The van der Waals surface area contributed by atoms with Gasteiger partial charge in [0, 0.05) is 12.2 Å². The highest BCUT2D eigenvalue weighted by molar-refractivity contribution is 5.66. The molecule has 11 heteroatoms. The van der Waals surface area contributed by atoms with Gasteiger partial charge in [-0.2, -0.15) is 9.61 Å². The van der Waals surface area contributed by atoms with Crippen molar-refractivity contribution >= 4 is 17.2 Å². The molecule has 1 aromatic carbocycles. The molecule has 0 radical (unpaired) electrons. The van der Waals surface area contributed by atoms with Gasteiger partial charge < -0.3 is 26.0 Å². The maximum atomic E-state index is 15.1. The van der Waals surface area contributed by atoms with Crippen LogP contribution in [0.3, 0.4) is 0 Å². The van der Waals surface area contributed by atoms with Crippen LogP contribution in [0.15, 0.2) is 48.9 Å². The SMILES string of the molecule is CC1CC(c2ccncc2Nc2ncc3ccc(-c4c(F)cc(C5(O)COC5)cc4F)nn23)CC(N)C1O. The van der Waals surface area contributed by atoms with Crippen molar-refractivity contribution in [3.8, 4) is 11.3 Å². The summed E-state index contributed by atoms with van der Waals surface area (Å²) in [5.41, 5.74) is 7.04. The minimum atomic E-state index is -1.39. The van der Waals surface area contributed by atoms with E-state index in [0.717, 1.165) is 24.1 Å². The second-order valence-electron chi connectivity index (χ2n) is 10.4. The fourth-order valence-corrected chi connectivity index (χ4v) is 5.46. The van der Waals surface area contributed by atoms with Crippen LogP contribution in [-0.4, -0.2) is 55.2 Å². The van der Waals surface area contributed by atoms with Crippen LogP contribution in [0.4, 0.5) is 20.4 Å². The number of aromatic nitrogens is 4. The number of aliphatic hydroxyl groups is 2. The van der Waals surface area contributed by atoms with Gasteiger partial charge in [0.25, 0.3) is 0 Å². The lowest BCUT2D eigenvalue weighted by Gasteiger charge is -2.36. The number of pyridine rings is 1. The van der Waals surface area contributed by atoms with Crippen molar-refractivity contribution in [3.05, 3.63) is 71.7 Å². The van der Waals surface area contributed by atoms with Gasteiger partial charge in [0.1, 0.15) is 17.2 Å². The minimum Gasteiger partial charge on any atom is -0.391 e. The largest absolute Gasteiger partial charge is 0.391 e. The third kappa shape index (κ3) is 4.21. The van der Waals surface area contributed by atoms with Crippen molar-refractivity contribution in [2.45, 2.75) is 43.4 Å². The first-order valence-corrected chi connectivity index (χ1v) is 12.5. The fourth-order valence-electron chi connectivity index (χ4n) is 5.46. The maximum absolute atomic E-state index is 15.1. The molecule has 4 aromatic rings. The van der Waals surface area contributed by atoms with Crippen LogP contribution in [0.2, 0.25) is 0 Å². The Morgan fingerprint density at radius 1 is 1.13 bits per heavy atom. The number of hydrogen-bond acceptors (Lipinski definition) is 8. The highest BCUT2D eigenvalue weighted by Crippen LogP contribution is 2.39. The zero-order valence-electron chi connectivity index (χ0n) is 20.7. The van der Waals surface area contributed by atoms with Crippen molar-refractivity contribution in [2.24, 2.45) is 11.7 Å². The van der Waals surface area contributed by atoms with Gasteiger partial charge in [-0.25, -0.2) is 13.8 Å². The standard InChI is InChI=1S/C27H28F2N6O3/c1-14-6-15(7-21(30)25(14)36)18-4-5-31-11-23(18)33-26-32-10-17-2-3-22(34-35(17)26)24-19(28)8-16(9-20(24)29)27(37)12-38-13-27/h2-5,8-11,14-15,21,25,36-37H,6-7,12-13,30H2,1H3,(H,32,33). The van der Waals surface area contributed by atoms with Crippen molar-refractivity contribution in [2.75, 3.05) is 18.5 Å². The molecule has 1 saturated carbocycles. The number of halogens is 2. The summed E-state index contributed by atoms with van der Waals surface area (Å²) < 4.78 is 36.7. The molecular formula is C27H28F2N6O3. The van der Waals surface area contributed by atoms with Crippen molar-refractivity contribution in [1.82, 2.24) is 19.6 Å². The van der Waals surface area contributed by atoms with E-state index in [4.69, 9.17) is 10.5 Å². The molecule has 38 heavy (non-hydrogen) atoms. The Hall–Kier alpha value is -3.51. The van der Waals surface area contributed by atoms with Crippen molar-refractivity contribution < 1.29 is 23.7 Å². The van der Waals surface area contributed by atoms with Gasteiger partial charge in [-0.05, 0) is 66.1 Å². The van der Waals surface area contributed by atoms with Crippen LogP contribution in [0.25, 0.3) is 16.8 Å². The Labute approximate surface area is 217 Å². The molecule has 4 atom stereocenters. The predicted molar refractivity (Wildman–Crippen MR) is 136 cm³/mol. The molecule has 1 aliphatic carbocycles. The molecule has 4 unspecified atom stereocenters. The molecule has 2 fully saturated rings. The Balaban J connectivity index is 1.34. The monoisotopic (exact) mass is 522 g/mol. The summed E-state index contributed by atoms with van der Waals surface area (Å²) in [6.45, 7) is 1.97. The molecule has 3 aromatic heterocycles. The molecule has 4 heterocycles. The van der Waals surface area contributed by atoms with Crippen LogP contribution in [0.5, 0.6) is 0 Å². The maximum Gasteiger partial charge on any atom is 0.229 e. The first-order chi connectivity index (χ1) is 18.2. The summed E-state index contributed by atoms with van der Waals surface area (Å²) >= 11 is 0. The minimum absolute atomic E-state index is 0.0118. The summed E-state index contributed by atoms with van der Waals surface area (Å²) in [7, 11) is 0. The summed E-state index contributed by atoms with van der Waals surface area (Å²) in [6.07, 6.45) is 5.87. The molecule has 6 rings (SSSR count). The Morgan fingerprint density at radius 2 is 1.89 bits per heavy atom. The summed E-state index contributed by atoms with van der Waals surface area (Å²) in [4.78, 5) is 8.68. The molecule has 5 N–H and O–H groups in total. The van der Waals surface area contributed by atoms with Gasteiger partial charge in [0.15, 0.2) is 0 Å². The van der Waals surface area contributed by atoms with E-state index in [1.165, 1.54) is 10.6 Å². The molecular weight excluding hydrogens is 494 g/mol. The number of anilines is 2. The Kier molecular flexibility index (Phi) is 6.10. The van der Waals surface area contributed by atoms with Gasteiger partial charge in [0.05, 0.1) is 54.2 Å². The van der Waals surface area contributed by atoms with E-state index in [1.807, 2.05) is 13.0 Å². The summed E-state index contributed by atoms with van der Waals surface area (Å²) in [6, 6.07) is 7.04. The molecule has 2 aliphatic rings. The fraction of sp³-hybridized carbons (Fsp3) is 0.370. The zero-order chi connectivity index (χ0) is 26.6. The summed E-state index contributed by atoms with van der Waals surface area (Å²) in [5.74, 6) is -1.15. The number of imidazole rings is 1. The first kappa shape index (κ1) is 24.8. The van der Waals surface area contributed by atoms with E-state index >= 15 is 8.78 Å². The molecule has 9 nitrogen and oxygen atoms in total. The van der Waals surface area contributed by atoms with E-state index in [1.54, 1.807) is 24.7 Å². The Bertz CT molecular complexity index is 1470. The van der Waals surface area contributed by atoms with Crippen molar-refractivity contribution in [1.29, 1.82) is 0 Å². The topological polar surface area (TPSA) is 131 Å². The summed E-state index contributed by atoms with van der Waals surface area (Å²) in [5, 5.41) is 28.5. The van der Waals surface area contributed by atoms with Gasteiger partial charge >= 0.3 is 0 Å². The van der Waals surface area contributed by atoms with Crippen LogP contribution < -0.4 is 11.1 Å². The van der Waals surface area contributed by atoms with Crippen LogP contribution >= 0.6 is 0 Å². The average Bonchev–Trinajstić information content (AvgIpc) is 3.27. The van der Waals surface area contributed by atoms with E-state index in [-0.39, 0.29) is 47.9 Å². The highest BCUT2D eigenvalue weighted by Gasteiger charge is 2.39. The average molecular weight is 523 g/mol. The van der Waals surface area contributed by atoms with Gasteiger partial charge in [0.2, 0.25) is 5.95 Å². The van der Waals surface area contributed by atoms with E-state index in [2.05, 4.69) is 20.4 Å². The predicted octanol–water partition coefficient (Wildman–Crippen LogP) is 3.23. The van der Waals surface area contributed by atoms with Gasteiger partial charge in [-0.15, -0.1) is 0 Å². The van der Waals surface area contributed by atoms with E-state index in [9.17, 15) is 10.2 Å². The van der Waals surface area contributed by atoms with E-state index in [0.29, 0.717) is 23.6 Å².